The van der Waals surface area contributed by atoms with Gasteiger partial charge in [-0.25, -0.2) is 17.9 Å². The van der Waals surface area contributed by atoms with Crippen LogP contribution < -0.4 is 4.72 Å². The predicted molar refractivity (Wildman–Crippen MR) is 105 cm³/mol. The lowest BCUT2D eigenvalue weighted by atomic mass is 10.1. The molecule has 1 aliphatic heterocycles. The number of aliphatic carboxylic acids is 1. The molecule has 0 bridgehead atoms. The van der Waals surface area contributed by atoms with E-state index in [2.05, 4.69) is 33.8 Å². The first-order valence-electron chi connectivity index (χ1n) is 8.86. The van der Waals surface area contributed by atoms with Crippen LogP contribution in [0.5, 0.6) is 0 Å². The van der Waals surface area contributed by atoms with Crippen molar-refractivity contribution in [3.63, 3.8) is 0 Å². The van der Waals surface area contributed by atoms with Crippen LogP contribution in [0.4, 0.5) is 13.2 Å². The van der Waals surface area contributed by atoms with Crippen LogP contribution in [0.2, 0.25) is 0 Å². The standard InChI is InChI=1S/C15H22N4O2S2.C2HF3O2/c1-12-3-4-15(22-12)11-18-8-13(7-17-23(2,20)21)9-19-14(10-18)5-6-16-19;3-2(4,5)1(6)7/h3-6,13,17H,7-11H2,1-2H3;(H,6,7). The number of alkyl halides is 3. The van der Waals surface area contributed by atoms with Crippen molar-refractivity contribution < 1.29 is 31.5 Å². The van der Waals surface area contributed by atoms with E-state index in [0.717, 1.165) is 26.2 Å². The molecule has 13 heteroatoms. The number of sulfonamides is 1. The van der Waals surface area contributed by atoms with Crippen molar-refractivity contribution in [2.24, 2.45) is 5.92 Å². The molecule has 0 saturated carbocycles. The van der Waals surface area contributed by atoms with Gasteiger partial charge in [-0.3, -0.25) is 9.58 Å². The van der Waals surface area contributed by atoms with Gasteiger partial charge in [0.25, 0.3) is 0 Å². The minimum atomic E-state index is -5.08. The zero-order chi connectivity index (χ0) is 22.5. The molecule has 0 aromatic carbocycles. The first-order valence-corrected chi connectivity index (χ1v) is 11.6. The monoisotopic (exact) mass is 468 g/mol. The summed E-state index contributed by atoms with van der Waals surface area (Å²) in [6, 6.07) is 6.36. The van der Waals surface area contributed by atoms with Gasteiger partial charge in [0, 0.05) is 54.6 Å². The van der Waals surface area contributed by atoms with Gasteiger partial charge >= 0.3 is 12.1 Å². The molecule has 0 saturated heterocycles. The smallest absolute Gasteiger partial charge is 0.475 e. The number of fused-ring (bicyclic) bond motifs is 1. The molecule has 1 aliphatic rings. The number of nitrogens with one attached hydrogen (secondary N) is 1. The highest BCUT2D eigenvalue weighted by molar-refractivity contribution is 7.88. The summed E-state index contributed by atoms with van der Waals surface area (Å²) in [6.07, 6.45) is -2.07. The normalized spacial score (nSPS) is 17.6. The van der Waals surface area contributed by atoms with Crippen LogP contribution in [0.1, 0.15) is 15.4 Å². The second kappa shape index (κ2) is 9.90. The van der Waals surface area contributed by atoms with E-state index in [1.165, 1.54) is 21.7 Å². The minimum Gasteiger partial charge on any atom is -0.475 e. The maximum Gasteiger partial charge on any atom is 0.490 e. The minimum absolute atomic E-state index is 0.201. The summed E-state index contributed by atoms with van der Waals surface area (Å²) >= 11 is 1.81. The number of hydrogen-bond acceptors (Lipinski definition) is 6. The largest absolute Gasteiger partial charge is 0.490 e. The molecule has 168 valence electrons. The number of carboxylic acids is 1. The van der Waals surface area contributed by atoms with Gasteiger partial charge in [-0.05, 0) is 25.1 Å². The van der Waals surface area contributed by atoms with Crippen molar-refractivity contribution >= 4 is 27.3 Å². The van der Waals surface area contributed by atoms with Gasteiger partial charge in [-0.15, -0.1) is 11.3 Å². The van der Waals surface area contributed by atoms with E-state index in [0.29, 0.717) is 6.54 Å². The van der Waals surface area contributed by atoms with E-state index >= 15 is 0 Å². The van der Waals surface area contributed by atoms with Crippen LogP contribution in [0.25, 0.3) is 0 Å². The van der Waals surface area contributed by atoms with E-state index in [4.69, 9.17) is 9.90 Å². The van der Waals surface area contributed by atoms with E-state index in [9.17, 15) is 21.6 Å². The van der Waals surface area contributed by atoms with Crippen LogP contribution >= 0.6 is 11.3 Å². The fourth-order valence-corrected chi connectivity index (χ4v) is 4.40. The number of halogens is 3. The zero-order valence-electron chi connectivity index (χ0n) is 16.4. The van der Waals surface area contributed by atoms with Crippen molar-refractivity contribution in [2.75, 3.05) is 19.3 Å². The fourth-order valence-electron chi connectivity index (χ4n) is 2.93. The second-order valence-corrected chi connectivity index (χ2v) is 10.2. The van der Waals surface area contributed by atoms with Crippen molar-refractivity contribution in [1.29, 1.82) is 0 Å². The first-order chi connectivity index (χ1) is 13.8. The van der Waals surface area contributed by atoms with Crippen molar-refractivity contribution in [3.05, 3.63) is 39.8 Å². The topological polar surface area (TPSA) is 105 Å². The molecule has 0 spiro atoms. The number of aryl methyl sites for hydroxylation is 1. The Kier molecular flexibility index (Phi) is 8.02. The Bertz CT molecular complexity index is 956. The Morgan fingerprint density at radius 2 is 2.00 bits per heavy atom. The summed E-state index contributed by atoms with van der Waals surface area (Å²) < 4.78 is 59.1. The van der Waals surface area contributed by atoms with E-state index < -0.39 is 22.2 Å². The molecular weight excluding hydrogens is 445 g/mol. The van der Waals surface area contributed by atoms with Gasteiger partial charge in [0.2, 0.25) is 10.0 Å². The summed E-state index contributed by atoms with van der Waals surface area (Å²) in [5, 5.41) is 11.5. The number of nitrogens with zero attached hydrogens (tertiary/aromatic N) is 3. The van der Waals surface area contributed by atoms with E-state index in [1.54, 1.807) is 0 Å². The summed E-state index contributed by atoms with van der Waals surface area (Å²) in [4.78, 5) is 13.9. The quantitative estimate of drug-likeness (QED) is 0.696. The van der Waals surface area contributed by atoms with Crippen molar-refractivity contribution in [3.8, 4) is 0 Å². The third-order valence-corrected chi connectivity index (χ3v) is 5.87. The van der Waals surface area contributed by atoms with Gasteiger partial charge in [0.15, 0.2) is 0 Å². The average Bonchev–Trinajstić information content (AvgIpc) is 3.17. The van der Waals surface area contributed by atoms with Crippen LogP contribution in [0, 0.1) is 12.8 Å². The lowest BCUT2D eigenvalue weighted by Gasteiger charge is -2.23. The number of carbonyl (C=O) groups is 1. The molecule has 3 rings (SSSR count). The zero-order valence-corrected chi connectivity index (χ0v) is 18.0. The summed E-state index contributed by atoms with van der Waals surface area (Å²) in [5.74, 6) is -2.56. The number of hydrogen-bond donors (Lipinski definition) is 2. The van der Waals surface area contributed by atoms with Crippen LogP contribution in [0.3, 0.4) is 0 Å². The molecule has 1 atom stereocenters. The highest BCUT2D eigenvalue weighted by atomic mass is 32.2. The molecule has 2 aromatic rings. The molecule has 0 fully saturated rings. The summed E-state index contributed by atoms with van der Waals surface area (Å²) in [6.45, 7) is 5.88. The Labute approximate surface area is 176 Å². The van der Waals surface area contributed by atoms with Gasteiger partial charge in [0.1, 0.15) is 0 Å². The van der Waals surface area contributed by atoms with E-state index in [-0.39, 0.29) is 5.92 Å². The molecule has 1 unspecified atom stereocenters. The van der Waals surface area contributed by atoms with Crippen molar-refractivity contribution in [1.82, 2.24) is 19.4 Å². The molecule has 3 heterocycles. The first kappa shape index (κ1) is 24.3. The number of thiophene rings is 1. The maximum atomic E-state index is 11.4. The number of rotatable bonds is 5. The van der Waals surface area contributed by atoms with Crippen LogP contribution in [-0.4, -0.2) is 59.7 Å². The van der Waals surface area contributed by atoms with Gasteiger partial charge < -0.3 is 5.11 Å². The molecule has 30 heavy (non-hydrogen) atoms. The van der Waals surface area contributed by atoms with Gasteiger partial charge in [-0.2, -0.15) is 18.3 Å². The average molecular weight is 469 g/mol. The third kappa shape index (κ3) is 8.05. The number of carboxylic acid groups (broad SMARTS) is 1. The second-order valence-electron chi connectivity index (χ2n) is 6.98. The molecule has 2 aromatic heterocycles. The highest BCUT2D eigenvalue weighted by Gasteiger charge is 2.38. The van der Waals surface area contributed by atoms with Gasteiger partial charge in [-0.1, -0.05) is 0 Å². The summed E-state index contributed by atoms with van der Waals surface area (Å²) in [7, 11) is -3.17. The lowest BCUT2D eigenvalue weighted by molar-refractivity contribution is -0.192. The SMILES string of the molecule is Cc1ccc(CN2Cc3ccnn3CC(CNS(C)(=O)=O)C2)s1.O=C(O)C(F)(F)F. The fraction of sp³-hybridized carbons (Fsp3) is 0.529. The van der Waals surface area contributed by atoms with Crippen molar-refractivity contribution in [2.45, 2.75) is 32.7 Å². The Morgan fingerprint density at radius 3 is 2.53 bits per heavy atom. The molecule has 0 aliphatic carbocycles. The van der Waals surface area contributed by atoms with Crippen LogP contribution in [0.15, 0.2) is 24.4 Å². The Morgan fingerprint density at radius 1 is 1.33 bits per heavy atom. The Balaban J connectivity index is 0.000000396. The maximum absolute atomic E-state index is 11.4. The molecule has 2 N–H and O–H groups in total. The Hall–Kier alpha value is -1.96. The number of aromatic nitrogens is 2. The van der Waals surface area contributed by atoms with Crippen LogP contribution in [-0.2, 0) is 34.5 Å². The highest BCUT2D eigenvalue weighted by Crippen LogP contribution is 2.22. The molecule has 8 nitrogen and oxygen atoms in total. The predicted octanol–water partition coefficient (Wildman–Crippen LogP) is 2.07. The molecule has 0 radical (unpaired) electrons. The van der Waals surface area contributed by atoms with Gasteiger partial charge in [0.05, 0.1) is 11.9 Å². The lowest BCUT2D eigenvalue weighted by Crippen LogP contribution is -2.36. The van der Waals surface area contributed by atoms with E-state index in [1.807, 2.05) is 28.3 Å². The summed E-state index contributed by atoms with van der Waals surface area (Å²) in [5.41, 5.74) is 1.18. The third-order valence-electron chi connectivity index (χ3n) is 4.19. The molecular formula is C17H23F3N4O4S2. The molecule has 0 amide bonds.